The first-order valence-electron chi connectivity index (χ1n) is 17.4. The Morgan fingerprint density at radius 3 is 2.14 bits per heavy atom. The van der Waals surface area contributed by atoms with Crippen LogP contribution in [0.1, 0.15) is 48.8 Å². The quantitative estimate of drug-likeness (QED) is 0.0590. The number of ether oxygens (including phenoxy) is 3. The molecule has 9 nitrogen and oxygen atoms in total. The van der Waals surface area contributed by atoms with Gasteiger partial charge in [-0.2, -0.15) is 0 Å². The number of hydrogen-bond acceptors (Lipinski definition) is 7. The predicted molar refractivity (Wildman–Crippen MR) is 195 cm³/mol. The van der Waals surface area contributed by atoms with Crippen LogP contribution in [0, 0.1) is 11.8 Å². The topological polar surface area (TPSA) is 123 Å². The average Bonchev–Trinajstić information content (AvgIpc) is 3.13. The second-order valence-electron chi connectivity index (χ2n) is 12.2. The molecule has 0 radical (unpaired) electrons. The summed E-state index contributed by atoms with van der Waals surface area (Å²) in [6, 6.07) is 26.8. The van der Waals surface area contributed by atoms with Crippen LogP contribution >= 0.6 is 0 Å². The minimum absolute atomic E-state index is 0.0290. The molecule has 0 aliphatic rings. The zero-order chi connectivity index (χ0) is 35.8. The van der Waals surface area contributed by atoms with Crippen molar-refractivity contribution in [3.05, 3.63) is 127 Å². The SMILES string of the molecule is C=CCCCC(Cc1ccccc1)C(=O)OCC(Cc1ccc(OCc2ccccc2)cc1)NC(=O)C(CC=C)CC(=O)NCCOCCO. The van der Waals surface area contributed by atoms with E-state index in [2.05, 4.69) is 23.8 Å². The molecule has 3 aromatic carbocycles. The normalized spacial score (nSPS) is 12.6. The molecule has 0 spiro atoms. The van der Waals surface area contributed by atoms with Crippen molar-refractivity contribution in [1.29, 1.82) is 0 Å². The number of hydrogen-bond donors (Lipinski definition) is 3. The molecular formula is C41H52N2O7. The Labute approximate surface area is 296 Å². The largest absolute Gasteiger partial charge is 0.489 e. The predicted octanol–water partition coefficient (Wildman–Crippen LogP) is 5.76. The van der Waals surface area contributed by atoms with E-state index in [1.807, 2.05) is 91.0 Å². The maximum Gasteiger partial charge on any atom is 0.309 e. The molecule has 268 valence electrons. The van der Waals surface area contributed by atoms with Crippen LogP contribution in [-0.2, 0) is 43.3 Å². The number of amides is 2. The van der Waals surface area contributed by atoms with Gasteiger partial charge in [-0.1, -0.05) is 84.9 Å². The van der Waals surface area contributed by atoms with Crippen molar-refractivity contribution >= 4 is 17.8 Å². The van der Waals surface area contributed by atoms with Crippen molar-refractivity contribution in [2.24, 2.45) is 11.8 Å². The van der Waals surface area contributed by atoms with Crippen molar-refractivity contribution < 1.29 is 33.7 Å². The maximum absolute atomic E-state index is 13.6. The Morgan fingerprint density at radius 1 is 0.800 bits per heavy atom. The van der Waals surface area contributed by atoms with Crippen molar-refractivity contribution in [2.75, 3.05) is 33.0 Å². The van der Waals surface area contributed by atoms with E-state index in [9.17, 15) is 14.4 Å². The minimum Gasteiger partial charge on any atom is -0.489 e. The molecule has 0 heterocycles. The van der Waals surface area contributed by atoms with E-state index in [0.717, 1.165) is 29.5 Å². The summed E-state index contributed by atoms with van der Waals surface area (Å²) in [6.45, 7) is 8.61. The number of benzene rings is 3. The molecule has 3 unspecified atom stereocenters. The number of allylic oxidation sites excluding steroid dienone is 2. The molecule has 0 bridgehead atoms. The highest BCUT2D eigenvalue weighted by Gasteiger charge is 2.26. The van der Waals surface area contributed by atoms with Gasteiger partial charge in [-0.25, -0.2) is 0 Å². The van der Waals surface area contributed by atoms with E-state index < -0.39 is 12.0 Å². The Balaban J connectivity index is 1.70. The molecule has 50 heavy (non-hydrogen) atoms. The minimum atomic E-state index is -0.664. The molecule has 0 aromatic heterocycles. The first-order valence-corrected chi connectivity index (χ1v) is 17.4. The number of carbonyl (C=O) groups excluding carboxylic acids is 3. The second-order valence-corrected chi connectivity index (χ2v) is 12.2. The smallest absolute Gasteiger partial charge is 0.309 e. The van der Waals surface area contributed by atoms with E-state index in [1.165, 1.54) is 0 Å². The van der Waals surface area contributed by atoms with E-state index in [1.54, 1.807) is 6.08 Å². The highest BCUT2D eigenvalue weighted by atomic mass is 16.5. The Kier molecular flexibility index (Phi) is 18.7. The average molecular weight is 685 g/mol. The van der Waals surface area contributed by atoms with Crippen LogP contribution < -0.4 is 15.4 Å². The summed E-state index contributed by atoms with van der Waals surface area (Å²) in [5, 5.41) is 14.7. The van der Waals surface area contributed by atoms with Crippen molar-refractivity contribution in [3.8, 4) is 5.75 Å². The Morgan fingerprint density at radius 2 is 1.48 bits per heavy atom. The molecule has 3 N–H and O–H groups in total. The van der Waals surface area contributed by atoms with Gasteiger partial charge in [0.1, 0.15) is 19.0 Å². The Hall–Kier alpha value is -4.73. The zero-order valence-corrected chi connectivity index (χ0v) is 29.0. The van der Waals surface area contributed by atoms with Gasteiger partial charge < -0.3 is 30.0 Å². The molecule has 0 saturated carbocycles. The van der Waals surface area contributed by atoms with Crippen LogP contribution in [0.2, 0.25) is 0 Å². The second kappa shape index (κ2) is 23.6. The fourth-order valence-electron chi connectivity index (χ4n) is 5.44. The molecule has 0 saturated heterocycles. The molecule has 3 rings (SSSR count). The molecule has 2 amide bonds. The van der Waals surface area contributed by atoms with Gasteiger partial charge in [0.2, 0.25) is 11.8 Å². The van der Waals surface area contributed by atoms with E-state index >= 15 is 0 Å². The highest BCUT2D eigenvalue weighted by molar-refractivity contribution is 5.86. The van der Waals surface area contributed by atoms with Gasteiger partial charge >= 0.3 is 5.97 Å². The van der Waals surface area contributed by atoms with Crippen LogP contribution in [-0.4, -0.2) is 61.9 Å². The number of rotatable bonds is 25. The zero-order valence-electron chi connectivity index (χ0n) is 29.0. The maximum atomic E-state index is 13.6. The number of aliphatic hydroxyl groups excluding tert-OH is 1. The number of esters is 1. The number of aliphatic hydroxyl groups is 1. The lowest BCUT2D eigenvalue weighted by Gasteiger charge is -2.24. The molecule has 0 aliphatic heterocycles. The fourth-order valence-corrected chi connectivity index (χ4v) is 5.44. The first-order chi connectivity index (χ1) is 24.4. The fraction of sp³-hybridized carbons (Fsp3) is 0.390. The molecular weight excluding hydrogens is 632 g/mol. The third kappa shape index (κ3) is 15.7. The highest BCUT2D eigenvalue weighted by Crippen LogP contribution is 2.20. The lowest BCUT2D eigenvalue weighted by atomic mass is 9.94. The van der Waals surface area contributed by atoms with Gasteiger partial charge in [0, 0.05) is 13.0 Å². The number of carbonyl (C=O) groups is 3. The summed E-state index contributed by atoms with van der Waals surface area (Å²) in [5.74, 6) is -1.22. The first kappa shape index (κ1) is 39.7. The van der Waals surface area contributed by atoms with Gasteiger partial charge in [0.05, 0.1) is 37.7 Å². The third-order valence-corrected chi connectivity index (χ3v) is 8.10. The van der Waals surface area contributed by atoms with Crippen molar-refractivity contribution in [3.63, 3.8) is 0 Å². The van der Waals surface area contributed by atoms with Crippen LogP contribution in [0.4, 0.5) is 0 Å². The molecule has 3 atom stereocenters. The van der Waals surface area contributed by atoms with E-state index in [0.29, 0.717) is 38.0 Å². The standard InChI is InChI=1S/C41H52N2O7/c1-3-5-8-18-36(27-32-14-9-6-10-15-32)41(47)50-31-37(28-33-19-21-38(22-20-33)49-30-34-16-11-7-12-17-34)43-40(46)35(13-4-2)29-39(45)42-23-25-48-26-24-44/h3-4,6-7,9-12,14-17,19-22,35-37,44H,1-2,5,8,13,18,23-31H2,(H,42,45)(H,43,46). The summed E-state index contributed by atoms with van der Waals surface area (Å²) < 4.78 is 17.1. The van der Waals surface area contributed by atoms with Gasteiger partial charge in [-0.05, 0) is 67.3 Å². The number of nitrogens with one attached hydrogen (secondary N) is 2. The third-order valence-electron chi connectivity index (χ3n) is 8.10. The molecule has 0 fully saturated rings. The van der Waals surface area contributed by atoms with Crippen molar-refractivity contribution in [1.82, 2.24) is 10.6 Å². The molecule has 0 aliphatic carbocycles. The van der Waals surface area contributed by atoms with Crippen LogP contribution in [0.5, 0.6) is 5.75 Å². The van der Waals surface area contributed by atoms with Crippen molar-refractivity contribution in [2.45, 2.75) is 57.6 Å². The summed E-state index contributed by atoms with van der Waals surface area (Å²) >= 11 is 0. The van der Waals surface area contributed by atoms with Gasteiger partial charge in [0.25, 0.3) is 0 Å². The lowest BCUT2D eigenvalue weighted by Crippen LogP contribution is -2.44. The summed E-state index contributed by atoms with van der Waals surface area (Å²) in [4.78, 5) is 39.7. The number of unbranched alkanes of at least 4 members (excludes halogenated alkanes) is 1. The van der Waals surface area contributed by atoms with Crippen LogP contribution in [0.15, 0.2) is 110 Å². The lowest BCUT2D eigenvalue weighted by molar-refractivity contribution is -0.150. The van der Waals surface area contributed by atoms with Gasteiger partial charge in [-0.15, -0.1) is 13.2 Å². The van der Waals surface area contributed by atoms with E-state index in [4.69, 9.17) is 19.3 Å². The monoisotopic (exact) mass is 684 g/mol. The molecule has 3 aromatic rings. The van der Waals surface area contributed by atoms with Crippen LogP contribution in [0.25, 0.3) is 0 Å². The Bertz CT molecular complexity index is 1430. The summed E-state index contributed by atoms with van der Waals surface area (Å²) in [6.07, 6.45) is 6.94. The van der Waals surface area contributed by atoms with Gasteiger partial charge in [0.15, 0.2) is 0 Å². The summed E-state index contributed by atoms with van der Waals surface area (Å²) in [5.41, 5.74) is 3.04. The molecule has 9 heteroatoms. The van der Waals surface area contributed by atoms with E-state index in [-0.39, 0.29) is 63.1 Å². The van der Waals surface area contributed by atoms with Crippen LogP contribution in [0.3, 0.4) is 0 Å². The van der Waals surface area contributed by atoms with Gasteiger partial charge in [-0.3, -0.25) is 14.4 Å². The summed E-state index contributed by atoms with van der Waals surface area (Å²) in [7, 11) is 0.